The Bertz CT molecular complexity index is 278. The van der Waals surface area contributed by atoms with Gasteiger partial charge in [0.25, 0.3) is 0 Å². The van der Waals surface area contributed by atoms with E-state index in [1.165, 1.54) is 38.6 Å². The van der Waals surface area contributed by atoms with Crippen LogP contribution in [-0.2, 0) is 0 Å². The SMILES string of the molecule is CCCCN(C)C(=NCCN1CCCCC1C)NCC. The first-order chi connectivity index (χ1) is 9.69. The molecule has 4 nitrogen and oxygen atoms in total. The molecule has 0 aromatic heterocycles. The minimum absolute atomic E-state index is 0.736. The van der Waals surface area contributed by atoms with Crippen molar-refractivity contribution in [3.8, 4) is 0 Å². The lowest BCUT2D eigenvalue weighted by molar-refractivity contribution is 0.165. The maximum atomic E-state index is 4.78. The smallest absolute Gasteiger partial charge is 0.193 e. The molecule has 1 unspecified atom stereocenters. The maximum Gasteiger partial charge on any atom is 0.193 e. The molecular formula is C16H34N4. The summed E-state index contributed by atoms with van der Waals surface area (Å²) in [5.74, 6) is 1.06. The summed E-state index contributed by atoms with van der Waals surface area (Å²) in [4.78, 5) is 9.63. The average Bonchev–Trinajstić information content (AvgIpc) is 2.45. The molecule has 0 bridgehead atoms. The van der Waals surface area contributed by atoms with Crippen LogP contribution >= 0.6 is 0 Å². The van der Waals surface area contributed by atoms with E-state index in [9.17, 15) is 0 Å². The molecule has 1 heterocycles. The van der Waals surface area contributed by atoms with Crippen LogP contribution in [0.3, 0.4) is 0 Å². The Balaban J connectivity index is 2.40. The Morgan fingerprint density at radius 3 is 2.80 bits per heavy atom. The summed E-state index contributed by atoms with van der Waals surface area (Å²) in [6, 6.07) is 0.736. The largest absolute Gasteiger partial charge is 0.357 e. The van der Waals surface area contributed by atoms with Crippen LogP contribution in [0.1, 0.15) is 52.9 Å². The van der Waals surface area contributed by atoms with E-state index in [1.54, 1.807) is 0 Å². The maximum absolute atomic E-state index is 4.78. The molecule has 1 N–H and O–H groups in total. The Labute approximate surface area is 125 Å². The Morgan fingerprint density at radius 2 is 2.15 bits per heavy atom. The second-order valence-electron chi connectivity index (χ2n) is 5.89. The fourth-order valence-corrected chi connectivity index (χ4v) is 2.75. The molecule has 0 saturated carbocycles. The van der Waals surface area contributed by atoms with E-state index in [-0.39, 0.29) is 0 Å². The second kappa shape index (κ2) is 10.0. The van der Waals surface area contributed by atoms with Crippen molar-refractivity contribution in [3.05, 3.63) is 0 Å². The monoisotopic (exact) mass is 282 g/mol. The number of hydrogen-bond acceptors (Lipinski definition) is 2. The van der Waals surface area contributed by atoms with Crippen molar-refractivity contribution in [2.24, 2.45) is 4.99 Å². The van der Waals surface area contributed by atoms with Crippen LogP contribution in [0.2, 0.25) is 0 Å². The molecule has 1 aliphatic rings. The summed E-state index contributed by atoms with van der Waals surface area (Å²) in [7, 11) is 2.14. The van der Waals surface area contributed by atoms with Crippen LogP contribution in [0.25, 0.3) is 0 Å². The predicted molar refractivity (Wildman–Crippen MR) is 88.4 cm³/mol. The fourth-order valence-electron chi connectivity index (χ4n) is 2.75. The highest BCUT2D eigenvalue weighted by Gasteiger charge is 2.17. The molecule has 1 rings (SSSR count). The van der Waals surface area contributed by atoms with Gasteiger partial charge in [-0.25, -0.2) is 0 Å². The highest BCUT2D eigenvalue weighted by Crippen LogP contribution is 2.15. The van der Waals surface area contributed by atoms with Crippen molar-refractivity contribution in [1.82, 2.24) is 15.1 Å². The summed E-state index contributed by atoms with van der Waals surface area (Å²) in [6.07, 6.45) is 6.55. The van der Waals surface area contributed by atoms with Crippen molar-refractivity contribution in [1.29, 1.82) is 0 Å². The molecular weight excluding hydrogens is 248 g/mol. The molecule has 0 aromatic rings. The van der Waals surface area contributed by atoms with E-state index in [0.717, 1.165) is 38.2 Å². The molecule has 1 fully saturated rings. The van der Waals surface area contributed by atoms with Crippen molar-refractivity contribution < 1.29 is 0 Å². The third-order valence-electron chi connectivity index (χ3n) is 4.13. The highest BCUT2D eigenvalue weighted by atomic mass is 15.3. The second-order valence-corrected chi connectivity index (χ2v) is 5.89. The zero-order valence-electron chi connectivity index (χ0n) is 14.0. The number of hydrogen-bond donors (Lipinski definition) is 1. The topological polar surface area (TPSA) is 30.9 Å². The van der Waals surface area contributed by atoms with E-state index < -0.39 is 0 Å². The van der Waals surface area contributed by atoms with Gasteiger partial charge in [0, 0.05) is 32.7 Å². The van der Waals surface area contributed by atoms with E-state index >= 15 is 0 Å². The van der Waals surface area contributed by atoms with Crippen LogP contribution in [0.4, 0.5) is 0 Å². The van der Waals surface area contributed by atoms with Gasteiger partial charge in [-0.2, -0.15) is 0 Å². The molecule has 0 radical (unpaired) electrons. The van der Waals surface area contributed by atoms with Crippen LogP contribution in [-0.4, -0.2) is 61.6 Å². The molecule has 20 heavy (non-hydrogen) atoms. The summed E-state index contributed by atoms with van der Waals surface area (Å²) in [5.41, 5.74) is 0. The van der Waals surface area contributed by atoms with Crippen molar-refractivity contribution in [3.63, 3.8) is 0 Å². The fraction of sp³-hybridized carbons (Fsp3) is 0.938. The Hall–Kier alpha value is -0.770. The number of unbranched alkanes of at least 4 members (excludes halogenated alkanes) is 1. The highest BCUT2D eigenvalue weighted by molar-refractivity contribution is 5.79. The standard InChI is InChI=1S/C16H34N4/c1-5-7-12-19(4)16(17-6-2)18-11-14-20-13-9-8-10-15(20)3/h15H,5-14H2,1-4H3,(H,17,18). The van der Waals surface area contributed by atoms with E-state index in [0.29, 0.717) is 0 Å². The van der Waals surface area contributed by atoms with Gasteiger partial charge < -0.3 is 10.2 Å². The molecule has 4 heteroatoms. The summed E-state index contributed by atoms with van der Waals surface area (Å²) < 4.78 is 0. The Kier molecular flexibility index (Phi) is 8.67. The zero-order chi connectivity index (χ0) is 14.8. The van der Waals surface area contributed by atoms with Gasteiger partial charge in [-0.1, -0.05) is 19.8 Å². The molecule has 118 valence electrons. The molecule has 0 aliphatic carbocycles. The van der Waals surface area contributed by atoms with Gasteiger partial charge in [-0.15, -0.1) is 0 Å². The van der Waals surface area contributed by atoms with Gasteiger partial charge in [0.2, 0.25) is 0 Å². The van der Waals surface area contributed by atoms with Gasteiger partial charge in [0.15, 0.2) is 5.96 Å². The number of nitrogens with zero attached hydrogens (tertiary/aromatic N) is 3. The number of guanidine groups is 1. The normalized spacial score (nSPS) is 21.0. The lowest BCUT2D eigenvalue weighted by Crippen LogP contribution is -2.41. The van der Waals surface area contributed by atoms with Gasteiger partial charge in [0.1, 0.15) is 0 Å². The van der Waals surface area contributed by atoms with Gasteiger partial charge >= 0.3 is 0 Å². The minimum atomic E-state index is 0.736. The lowest BCUT2D eigenvalue weighted by atomic mass is 10.0. The van der Waals surface area contributed by atoms with Crippen molar-refractivity contribution in [2.75, 3.05) is 39.8 Å². The van der Waals surface area contributed by atoms with Crippen molar-refractivity contribution >= 4 is 5.96 Å². The van der Waals surface area contributed by atoms with Gasteiger partial charge in [0.05, 0.1) is 6.54 Å². The number of piperidine rings is 1. The first-order valence-electron chi connectivity index (χ1n) is 8.42. The number of aliphatic imine (C=N–C) groups is 1. The van der Waals surface area contributed by atoms with E-state index in [2.05, 4.69) is 42.9 Å². The third-order valence-corrected chi connectivity index (χ3v) is 4.13. The van der Waals surface area contributed by atoms with Crippen LogP contribution in [0, 0.1) is 0 Å². The molecule has 1 atom stereocenters. The van der Waals surface area contributed by atoms with Crippen LogP contribution in [0.5, 0.6) is 0 Å². The van der Waals surface area contributed by atoms with Gasteiger partial charge in [-0.3, -0.25) is 9.89 Å². The summed E-state index contributed by atoms with van der Waals surface area (Å²) in [6.45, 7) is 12.0. The van der Waals surface area contributed by atoms with Crippen molar-refractivity contribution in [2.45, 2.75) is 58.9 Å². The number of nitrogens with one attached hydrogen (secondary N) is 1. The molecule has 0 aromatic carbocycles. The van der Waals surface area contributed by atoms with Crippen LogP contribution in [0.15, 0.2) is 4.99 Å². The molecule has 1 saturated heterocycles. The summed E-state index contributed by atoms with van der Waals surface area (Å²) >= 11 is 0. The van der Waals surface area contributed by atoms with E-state index in [4.69, 9.17) is 4.99 Å². The molecule has 1 aliphatic heterocycles. The Morgan fingerprint density at radius 1 is 1.35 bits per heavy atom. The van der Waals surface area contributed by atoms with Crippen LogP contribution < -0.4 is 5.32 Å². The minimum Gasteiger partial charge on any atom is -0.357 e. The average molecular weight is 282 g/mol. The first-order valence-corrected chi connectivity index (χ1v) is 8.42. The zero-order valence-corrected chi connectivity index (χ0v) is 14.0. The lowest BCUT2D eigenvalue weighted by Gasteiger charge is -2.33. The number of likely N-dealkylation sites (tertiary alicyclic amines) is 1. The summed E-state index contributed by atoms with van der Waals surface area (Å²) in [5, 5.41) is 3.40. The quantitative estimate of drug-likeness (QED) is 0.575. The number of rotatable bonds is 7. The first kappa shape index (κ1) is 17.3. The van der Waals surface area contributed by atoms with Gasteiger partial charge in [-0.05, 0) is 39.7 Å². The third kappa shape index (κ3) is 6.12. The molecule has 0 spiro atoms. The van der Waals surface area contributed by atoms with E-state index in [1.807, 2.05) is 0 Å². The molecule has 0 amide bonds. The predicted octanol–water partition coefficient (Wildman–Crippen LogP) is 2.56.